The Morgan fingerprint density at radius 3 is 2.94 bits per heavy atom. The quantitative estimate of drug-likeness (QED) is 0.806. The number of rotatable bonds is 3. The molecule has 3 heteroatoms. The number of anilines is 2. The fourth-order valence-electron chi connectivity index (χ4n) is 2.77. The van der Waals surface area contributed by atoms with E-state index in [-0.39, 0.29) is 5.41 Å². The van der Waals surface area contributed by atoms with Crippen molar-refractivity contribution in [3.63, 3.8) is 0 Å². The van der Waals surface area contributed by atoms with Crippen molar-refractivity contribution in [3.05, 3.63) is 23.8 Å². The van der Waals surface area contributed by atoms with Crippen molar-refractivity contribution in [1.82, 2.24) is 0 Å². The predicted molar refractivity (Wildman–Crippen MR) is 68.7 cm³/mol. The topological polar surface area (TPSA) is 53.0 Å². The first-order chi connectivity index (χ1) is 8.22. The molecule has 0 radical (unpaired) electrons. The zero-order chi connectivity index (χ0) is 11.9. The standard InChI is InChI=1S/C14H17N3/c15-7-6-14(4-5-14)10-17-8-3-11-1-2-12(16)9-13(11)17/h1-2,9H,3-6,8,10,16H2. The van der Waals surface area contributed by atoms with E-state index in [1.165, 1.54) is 24.1 Å². The van der Waals surface area contributed by atoms with Crippen molar-refractivity contribution < 1.29 is 0 Å². The van der Waals surface area contributed by atoms with Gasteiger partial charge in [-0.05, 0) is 37.0 Å². The molecule has 0 spiro atoms. The molecule has 0 unspecified atom stereocenters. The summed E-state index contributed by atoms with van der Waals surface area (Å²) in [7, 11) is 0. The summed E-state index contributed by atoms with van der Waals surface area (Å²) in [6, 6.07) is 8.51. The molecule has 1 aromatic carbocycles. The summed E-state index contributed by atoms with van der Waals surface area (Å²) in [5, 5.41) is 8.87. The van der Waals surface area contributed by atoms with E-state index in [1.54, 1.807) is 0 Å². The molecule has 1 heterocycles. The number of fused-ring (bicyclic) bond motifs is 1. The molecular weight excluding hydrogens is 210 g/mol. The number of benzene rings is 1. The maximum absolute atomic E-state index is 8.87. The summed E-state index contributed by atoms with van der Waals surface area (Å²) in [6.45, 7) is 2.10. The van der Waals surface area contributed by atoms with Crippen molar-refractivity contribution in [2.75, 3.05) is 23.7 Å². The summed E-state index contributed by atoms with van der Waals surface area (Å²) in [5.74, 6) is 0. The summed E-state index contributed by atoms with van der Waals surface area (Å²) in [5.41, 5.74) is 9.65. The average Bonchev–Trinajstić information content (AvgIpc) is 2.95. The molecule has 1 fully saturated rings. The molecule has 1 aliphatic heterocycles. The van der Waals surface area contributed by atoms with Crippen molar-refractivity contribution in [2.45, 2.75) is 25.7 Å². The van der Waals surface area contributed by atoms with Crippen LogP contribution in [0, 0.1) is 16.7 Å². The fraction of sp³-hybridized carbons (Fsp3) is 0.500. The average molecular weight is 227 g/mol. The van der Waals surface area contributed by atoms with Gasteiger partial charge in [0.25, 0.3) is 0 Å². The van der Waals surface area contributed by atoms with Gasteiger partial charge in [-0.2, -0.15) is 5.26 Å². The zero-order valence-electron chi connectivity index (χ0n) is 9.95. The smallest absolute Gasteiger partial charge is 0.0628 e. The van der Waals surface area contributed by atoms with Gasteiger partial charge in [-0.25, -0.2) is 0 Å². The van der Waals surface area contributed by atoms with E-state index in [0.29, 0.717) is 6.42 Å². The molecule has 2 N–H and O–H groups in total. The van der Waals surface area contributed by atoms with E-state index in [9.17, 15) is 0 Å². The molecule has 2 aliphatic rings. The Morgan fingerprint density at radius 1 is 1.41 bits per heavy atom. The second kappa shape index (κ2) is 3.66. The number of nitriles is 1. The van der Waals surface area contributed by atoms with Crippen LogP contribution in [-0.2, 0) is 6.42 Å². The van der Waals surface area contributed by atoms with Crippen LogP contribution in [0.1, 0.15) is 24.8 Å². The van der Waals surface area contributed by atoms with Gasteiger partial charge in [-0.15, -0.1) is 0 Å². The van der Waals surface area contributed by atoms with Crippen LogP contribution in [0.4, 0.5) is 11.4 Å². The van der Waals surface area contributed by atoms with Crippen molar-refractivity contribution in [1.29, 1.82) is 5.26 Å². The van der Waals surface area contributed by atoms with Crippen LogP contribution in [0.2, 0.25) is 0 Å². The highest BCUT2D eigenvalue weighted by Gasteiger charge is 2.44. The van der Waals surface area contributed by atoms with Gasteiger partial charge in [0, 0.05) is 36.3 Å². The molecule has 1 aliphatic carbocycles. The number of hydrogen-bond acceptors (Lipinski definition) is 3. The van der Waals surface area contributed by atoms with Gasteiger partial charge in [0.2, 0.25) is 0 Å². The van der Waals surface area contributed by atoms with Crippen LogP contribution in [0.5, 0.6) is 0 Å². The highest BCUT2D eigenvalue weighted by Crippen LogP contribution is 2.50. The van der Waals surface area contributed by atoms with Crippen LogP contribution in [0.25, 0.3) is 0 Å². The number of nitrogens with zero attached hydrogens (tertiary/aromatic N) is 2. The third-order valence-corrected chi connectivity index (χ3v) is 4.04. The number of hydrogen-bond donors (Lipinski definition) is 1. The minimum atomic E-state index is 0.279. The maximum atomic E-state index is 8.87. The molecule has 17 heavy (non-hydrogen) atoms. The van der Waals surface area contributed by atoms with Gasteiger partial charge in [0.1, 0.15) is 0 Å². The van der Waals surface area contributed by atoms with Gasteiger partial charge in [-0.1, -0.05) is 6.07 Å². The van der Waals surface area contributed by atoms with Gasteiger partial charge in [0.15, 0.2) is 0 Å². The Morgan fingerprint density at radius 2 is 2.24 bits per heavy atom. The third-order valence-electron chi connectivity index (χ3n) is 4.04. The highest BCUT2D eigenvalue weighted by atomic mass is 15.2. The van der Waals surface area contributed by atoms with Crippen molar-refractivity contribution in [2.24, 2.45) is 5.41 Å². The van der Waals surface area contributed by atoms with Gasteiger partial charge >= 0.3 is 0 Å². The summed E-state index contributed by atoms with van der Waals surface area (Å²) in [6.07, 6.45) is 4.21. The molecule has 0 atom stereocenters. The van der Waals surface area contributed by atoms with Gasteiger partial charge < -0.3 is 10.6 Å². The van der Waals surface area contributed by atoms with Gasteiger partial charge in [0.05, 0.1) is 6.07 Å². The summed E-state index contributed by atoms with van der Waals surface area (Å²) >= 11 is 0. The third kappa shape index (κ3) is 1.84. The van der Waals surface area contributed by atoms with E-state index in [4.69, 9.17) is 11.0 Å². The van der Waals surface area contributed by atoms with E-state index >= 15 is 0 Å². The van der Waals surface area contributed by atoms with Crippen LogP contribution in [0.15, 0.2) is 18.2 Å². The molecule has 3 nitrogen and oxygen atoms in total. The van der Waals surface area contributed by atoms with E-state index in [0.717, 1.165) is 25.2 Å². The van der Waals surface area contributed by atoms with E-state index in [2.05, 4.69) is 23.1 Å². The highest BCUT2D eigenvalue weighted by molar-refractivity contribution is 5.64. The molecule has 0 amide bonds. The maximum Gasteiger partial charge on any atom is 0.0628 e. The van der Waals surface area contributed by atoms with Crippen molar-refractivity contribution in [3.8, 4) is 6.07 Å². The normalized spacial score (nSPS) is 19.8. The SMILES string of the molecule is N#CCC1(CN2CCc3ccc(N)cc32)CC1. The second-order valence-corrected chi connectivity index (χ2v) is 5.39. The Bertz CT molecular complexity index is 483. The molecule has 0 aromatic heterocycles. The predicted octanol–water partition coefficient (Wildman–Crippen LogP) is 2.33. The number of nitrogen functional groups attached to an aromatic ring is 1. The monoisotopic (exact) mass is 227 g/mol. The first kappa shape index (κ1) is 10.5. The van der Waals surface area contributed by atoms with Crippen LogP contribution < -0.4 is 10.6 Å². The van der Waals surface area contributed by atoms with Crippen LogP contribution in [-0.4, -0.2) is 13.1 Å². The molecule has 3 rings (SSSR count). The Hall–Kier alpha value is -1.69. The lowest BCUT2D eigenvalue weighted by Gasteiger charge is -2.24. The van der Waals surface area contributed by atoms with Gasteiger partial charge in [-0.3, -0.25) is 0 Å². The molecule has 0 saturated heterocycles. The minimum Gasteiger partial charge on any atom is -0.399 e. The summed E-state index contributed by atoms with van der Waals surface area (Å²) < 4.78 is 0. The molecular formula is C14H17N3. The zero-order valence-corrected chi connectivity index (χ0v) is 9.95. The minimum absolute atomic E-state index is 0.279. The number of nitrogens with two attached hydrogens (primary N) is 1. The first-order valence-electron chi connectivity index (χ1n) is 6.23. The lowest BCUT2D eigenvalue weighted by atomic mass is 10.0. The molecule has 0 bridgehead atoms. The largest absolute Gasteiger partial charge is 0.399 e. The summed E-state index contributed by atoms with van der Waals surface area (Å²) in [4.78, 5) is 2.41. The molecule has 88 valence electrons. The molecule has 1 saturated carbocycles. The van der Waals surface area contributed by atoms with E-state index < -0.39 is 0 Å². The lowest BCUT2D eigenvalue weighted by Crippen LogP contribution is -2.28. The lowest BCUT2D eigenvalue weighted by molar-refractivity contribution is 0.515. The first-order valence-corrected chi connectivity index (χ1v) is 6.23. The Kier molecular flexibility index (Phi) is 2.25. The Labute approximate surface area is 102 Å². The van der Waals surface area contributed by atoms with Crippen LogP contribution in [0.3, 0.4) is 0 Å². The second-order valence-electron chi connectivity index (χ2n) is 5.39. The molecule has 1 aromatic rings. The van der Waals surface area contributed by atoms with Crippen LogP contribution >= 0.6 is 0 Å². The Balaban J connectivity index is 1.80. The fourth-order valence-corrected chi connectivity index (χ4v) is 2.77. The van der Waals surface area contributed by atoms with E-state index in [1.807, 2.05) is 6.07 Å². The van der Waals surface area contributed by atoms with Crippen molar-refractivity contribution >= 4 is 11.4 Å².